The molecule has 0 saturated carbocycles. The Kier molecular flexibility index (Phi) is 6.03. The van der Waals surface area contributed by atoms with Gasteiger partial charge in [0, 0.05) is 19.6 Å². The van der Waals surface area contributed by atoms with Gasteiger partial charge in [0.15, 0.2) is 0 Å². The highest BCUT2D eigenvalue weighted by molar-refractivity contribution is 6.35. The number of hydrogen-bond acceptors (Lipinski definition) is 3. The Hall–Kier alpha value is -2.10. The second kappa shape index (κ2) is 8.28. The number of rotatable bonds is 6. The summed E-state index contributed by atoms with van der Waals surface area (Å²) in [6.45, 7) is 10.7. The molecular weight excluding hydrogens is 336 g/mol. The maximum atomic E-state index is 13.2. The van der Waals surface area contributed by atoms with Crippen LogP contribution < -0.4 is 0 Å². The number of nitrogens with zero attached hydrogens (tertiary/aromatic N) is 2. The second-order valence-corrected chi connectivity index (χ2v) is 8.16. The average Bonchev–Trinajstić information content (AvgIpc) is 2.89. The first-order valence-electron chi connectivity index (χ1n) is 10.4. The summed E-state index contributed by atoms with van der Waals surface area (Å²) < 4.78 is 0. The van der Waals surface area contributed by atoms with Crippen LogP contribution in [0.3, 0.4) is 0 Å². The van der Waals surface area contributed by atoms with Crippen molar-refractivity contribution < 1.29 is 9.59 Å². The summed E-state index contributed by atoms with van der Waals surface area (Å²) in [5.74, 6) is 0.464. The standard InChI is InChI=1S/C23H32N2O2/c1-5-6-7-12-25-22(26)20(19-9-8-17(3)18(4)15-19)21(23(25)27)24-13-10-16(2)11-14-24/h8-9,15-16H,5-7,10-14H2,1-4H3. The van der Waals surface area contributed by atoms with Gasteiger partial charge in [0.2, 0.25) is 0 Å². The van der Waals surface area contributed by atoms with E-state index in [9.17, 15) is 9.59 Å². The molecule has 2 aliphatic rings. The molecule has 0 spiro atoms. The van der Waals surface area contributed by atoms with Crippen molar-refractivity contribution in [3.05, 3.63) is 40.6 Å². The summed E-state index contributed by atoms with van der Waals surface area (Å²) in [5.41, 5.74) is 4.46. The van der Waals surface area contributed by atoms with E-state index in [-0.39, 0.29) is 11.8 Å². The van der Waals surface area contributed by atoms with Gasteiger partial charge >= 0.3 is 0 Å². The largest absolute Gasteiger partial charge is 0.366 e. The van der Waals surface area contributed by atoms with Crippen LogP contribution in [0.2, 0.25) is 0 Å². The molecule has 0 aliphatic carbocycles. The molecule has 0 bridgehead atoms. The Morgan fingerprint density at radius 2 is 1.70 bits per heavy atom. The van der Waals surface area contributed by atoms with Crippen LogP contribution in [0.1, 0.15) is 62.6 Å². The number of benzene rings is 1. The average molecular weight is 369 g/mol. The Labute approximate surface area is 163 Å². The quantitative estimate of drug-likeness (QED) is 0.555. The molecule has 146 valence electrons. The number of likely N-dealkylation sites (tertiary alicyclic amines) is 1. The molecule has 27 heavy (non-hydrogen) atoms. The smallest absolute Gasteiger partial charge is 0.277 e. The Morgan fingerprint density at radius 1 is 1.00 bits per heavy atom. The van der Waals surface area contributed by atoms with E-state index in [4.69, 9.17) is 0 Å². The van der Waals surface area contributed by atoms with Crippen molar-refractivity contribution >= 4 is 17.4 Å². The molecule has 4 nitrogen and oxygen atoms in total. The van der Waals surface area contributed by atoms with E-state index in [2.05, 4.69) is 38.7 Å². The van der Waals surface area contributed by atoms with Crippen LogP contribution in [0.25, 0.3) is 5.57 Å². The molecule has 2 amide bonds. The lowest BCUT2D eigenvalue weighted by molar-refractivity contribution is -0.137. The van der Waals surface area contributed by atoms with Crippen molar-refractivity contribution in [2.75, 3.05) is 19.6 Å². The molecule has 1 aromatic rings. The molecule has 1 fully saturated rings. The molecule has 0 radical (unpaired) electrons. The van der Waals surface area contributed by atoms with Crippen molar-refractivity contribution in [1.29, 1.82) is 0 Å². The summed E-state index contributed by atoms with van der Waals surface area (Å²) in [6.07, 6.45) is 5.12. The molecule has 2 heterocycles. The number of carbonyl (C=O) groups is 2. The number of piperidine rings is 1. The van der Waals surface area contributed by atoms with E-state index in [1.54, 1.807) is 0 Å². The van der Waals surface area contributed by atoms with E-state index >= 15 is 0 Å². The maximum Gasteiger partial charge on any atom is 0.277 e. The lowest BCUT2D eigenvalue weighted by atomic mass is 9.96. The zero-order valence-electron chi connectivity index (χ0n) is 17.2. The fraction of sp³-hybridized carbons (Fsp3) is 0.565. The first kappa shape index (κ1) is 19.7. The minimum Gasteiger partial charge on any atom is -0.366 e. The van der Waals surface area contributed by atoms with Crippen LogP contribution in [0, 0.1) is 19.8 Å². The summed E-state index contributed by atoms with van der Waals surface area (Å²) >= 11 is 0. The van der Waals surface area contributed by atoms with Gasteiger partial charge in [-0.3, -0.25) is 14.5 Å². The van der Waals surface area contributed by atoms with E-state index in [0.29, 0.717) is 23.7 Å². The van der Waals surface area contributed by atoms with Gasteiger partial charge in [-0.05, 0) is 55.7 Å². The van der Waals surface area contributed by atoms with Gasteiger partial charge < -0.3 is 4.90 Å². The SMILES string of the molecule is CCCCCN1C(=O)C(c2ccc(C)c(C)c2)=C(N2CCC(C)CC2)C1=O. The molecule has 1 saturated heterocycles. The fourth-order valence-electron chi connectivity index (χ4n) is 3.97. The van der Waals surface area contributed by atoms with Crippen LogP contribution in [0.4, 0.5) is 0 Å². The maximum absolute atomic E-state index is 13.2. The Bertz CT molecular complexity index is 758. The highest BCUT2D eigenvalue weighted by atomic mass is 16.2. The predicted octanol–water partition coefficient (Wildman–Crippen LogP) is 4.31. The fourth-order valence-corrected chi connectivity index (χ4v) is 3.97. The summed E-state index contributed by atoms with van der Waals surface area (Å²) in [5, 5.41) is 0. The number of imide groups is 1. The lowest BCUT2D eigenvalue weighted by Gasteiger charge is -2.32. The highest BCUT2D eigenvalue weighted by Crippen LogP contribution is 2.34. The highest BCUT2D eigenvalue weighted by Gasteiger charge is 2.41. The molecule has 0 unspecified atom stereocenters. The van der Waals surface area contributed by atoms with Gasteiger partial charge in [0.25, 0.3) is 11.8 Å². The van der Waals surface area contributed by atoms with Gasteiger partial charge in [-0.15, -0.1) is 0 Å². The number of carbonyl (C=O) groups excluding carboxylic acids is 2. The third-order valence-corrected chi connectivity index (χ3v) is 6.02. The van der Waals surface area contributed by atoms with Crippen molar-refractivity contribution in [2.45, 2.75) is 59.8 Å². The van der Waals surface area contributed by atoms with E-state index in [0.717, 1.165) is 56.3 Å². The van der Waals surface area contributed by atoms with Gasteiger partial charge in [-0.2, -0.15) is 0 Å². The normalized spacial score (nSPS) is 18.8. The predicted molar refractivity (Wildman–Crippen MR) is 109 cm³/mol. The summed E-state index contributed by atoms with van der Waals surface area (Å²) in [7, 11) is 0. The first-order valence-corrected chi connectivity index (χ1v) is 10.4. The molecule has 4 heteroatoms. The van der Waals surface area contributed by atoms with Crippen molar-refractivity contribution in [2.24, 2.45) is 5.92 Å². The van der Waals surface area contributed by atoms with E-state index in [1.807, 2.05) is 12.1 Å². The number of unbranched alkanes of at least 4 members (excludes halogenated alkanes) is 2. The van der Waals surface area contributed by atoms with E-state index in [1.165, 1.54) is 10.5 Å². The lowest BCUT2D eigenvalue weighted by Crippen LogP contribution is -2.38. The van der Waals surface area contributed by atoms with Crippen LogP contribution in [-0.4, -0.2) is 41.2 Å². The van der Waals surface area contributed by atoms with Crippen LogP contribution in [-0.2, 0) is 9.59 Å². The summed E-state index contributed by atoms with van der Waals surface area (Å²) in [6, 6.07) is 6.09. The second-order valence-electron chi connectivity index (χ2n) is 8.16. The topological polar surface area (TPSA) is 40.6 Å². The zero-order chi connectivity index (χ0) is 19.6. The van der Waals surface area contributed by atoms with Crippen LogP contribution in [0.15, 0.2) is 23.9 Å². The number of hydrogen-bond donors (Lipinski definition) is 0. The molecule has 0 atom stereocenters. The van der Waals surface area contributed by atoms with Crippen molar-refractivity contribution in [1.82, 2.24) is 9.80 Å². The summed E-state index contributed by atoms with van der Waals surface area (Å²) in [4.78, 5) is 30.1. The van der Waals surface area contributed by atoms with Gasteiger partial charge in [0.1, 0.15) is 5.70 Å². The molecule has 3 rings (SSSR count). The zero-order valence-corrected chi connectivity index (χ0v) is 17.2. The van der Waals surface area contributed by atoms with Crippen LogP contribution >= 0.6 is 0 Å². The molecule has 1 aromatic carbocycles. The van der Waals surface area contributed by atoms with Gasteiger partial charge in [0.05, 0.1) is 5.57 Å². The number of aryl methyl sites for hydroxylation is 2. The first-order chi connectivity index (χ1) is 12.9. The van der Waals surface area contributed by atoms with Gasteiger partial charge in [-0.1, -0.05) is 44.9 Å². The third-order valence-electron chi connectivity index (χ3n) is 6.02. The Morgan fingerprint density at radius 3 is 2.33 bits per heavy atom. The molecule has 0 N–H and O–H groups in total. The third kappa shape index (κ3) is 3.95. The number of amides is 2. The van der Waals surface area contributed by atoms with Crippen molar-refractivity contribution in [3.8, 4) is 0 Å². The van der Waals surface area contributed by atoms with Crippen LogP contribution in [0.5, 0.6) is 0 Å². The minimum absolute atomic E-state index is 0.0983. The van der Waals surface area contributed by atoms with E-state index < -0.39 is 0 Å². The van der Waals surface area contributed by atoms with Crippen molar-refractivity contribution in [3.63, 3.8) is 0 Å². The molecular formula is C23H32N2O2. The Balaban J connectivity index is 1.99. The molecule has 2 aliphatic heterocycles. The minimum atomic E-state index is -0.118. The monoisotopic (exact) mass is 368 g/mol. The van der Waals surface area contributed by atoms with Gasteiger partial charge in [-0.25, -0.2) is 0 Å². The molecule has 0 aromatic heterocycles.